The molecule has 32 heavy (non-hydrogen) atoms. The van der Waals surface area contributed by atoms with Crippen molar-refractivity contribution >= 4 is 39.1 Å². The fourth-order valence-electron chi connectivity index (χ4n) is 3.45. The number of piperazine rings is 1. The number of aromatic amines is 1. The topological polar surface area (TPSA) is 95.2 Å². The predicted molar refractivity (Wildman–Crippen MR) is 114 cm³/mol. The highest BCUT2D eigenvalue weighted by molar-refractivity contribution is 7.89. The fraction of sp³-hybridized carbons (Fsp3) is 0.200. The van der Waals surface area contributed by atoms with Gasteiger partial charge in [-0.3, -0.25) is 4.79 Å². The predicted octanol–water partition coefficient (Wildman–Crippen LogP) is 3.30. The lowest BCUT2D eigenvalue weighted by Gasteiger charge is -2.25. The number of aromatic nitrogens is 2. The van der Waals surface area contributed by atoms with Crippen LogP contribution >= 0.6 is 23.2 Å². The van der Waals surface area contributed by atoms with Crippen molar-refractivity contribution < 1.29 is 22.0 Å². The first-order valence-corrected chi connectivity index (χ1v) is 11.6. The van der Waals surface area contributed by atoms with Crippen LogP contribution in [-0.2, 0) is 14.8 Å². The molecule has 12 heteroatoms. The number of H-pyrrole nitrogens is 1. The van der Waals surface area contributed by atoms with Crippen LogP contribution in [0.1, 0.15) is 22.9 Å². The summed E-state index contributed by atoms with van der Waals surface area (Å²) in [4.78, 5) is 18.6. The minimum Gasteiger partial charge on any atom is -0.354 e. The van der Waals surface area contributed by atoms with Crippen LogP contribution in [-0.4, -0.2) is 48.2 Å². The Kier molecular flexibility index (Phi) is 6.22. The minimum absolute atomic E-state index is 0.118. The normalized spacial score (nSPS) is 15.2. The zero-order chi connectivity index (χ0) is 23.0. The summed E-state index contributed by atoms with van der Waals surface area (Å²) < 4.78 is 54.5. The lowest BCUT2D eigenvalue weighted by molar-refractivity contribution is -0.122. The summed E-state index contributed by atoms with van der Waals surface area (Å²) in [6, 6.07) is 8.03. The highest BCUT2D eigenvalue weighted by Gasteiger charge is 2.32. The molecular weight excluding hydrogens is 485 g/mol. The molecule has 1 aliphatic heterocycles. The van der Waals surface area contributed by atoms with Crippen molar-refractivity contribution in [2.24, 2.45) is 0 Å². The quantitative estimate of drug-likeness (QED) is 0.561. The number of hydrogen-bond acceptors (Lipinski definition) is 4. The van der Waals surface area contributed by atoms with Gasteiger partial charge < -0.3 is 10.3 Å². The first-order valence-electron chi connectivity index (χ1n) is 9.38. The van der Waals surface area contributed by atoms with E-state index < -0.39 is 33.5 Å². The van der Waals surface area contributed by atoms with Gasteiger partial charge in [0.15, 0.2) is 5.03 Å². The number of halogens is 4. The Labute approximate surface area is 192 Å². The molecule has 2 aromatic carbocycles. The summed E-state index contributed by atoms with van der Waals surface area (Å²) >= 11 is 11.9. The van der Waals surface area contributed by atoms with E-state index in [-0.39, 0.29) is 40.5 Å². The summed E-state index contributed by atoms with van der Waals surface area (Å²) in [5.41, 5.74) is 0.962. The molecule has 4 rings (SSSR count). The molecule has 2 heterocycles. The largest absolute Gasteiger partial charge is 0.354 e. The second-order valence-electron chi connectivity index (χ2n) is 7.10. The summed E-state index contributed by atoms with van der Waals surface area (Å²) in [5, 5.41) is 2.07. The van der Waals surface area contributed by atoms with E-state index in [0.717, 1.165) is 10.5 Å². The maximum atomic E-state index is 13.7. The van der Waals surface area contributed by atoms with E-state index in [0.29, 0.717) is 11.1 Å². The number of carbonyl (C=O) groups excluding carboxylic acids is 1. The van der Waals surface area contributed by atoms with Gasteiger partial charge in [0.1, 0.15) is 17.5 Å². The number of hydrogen-bond donors (Lipinski definition) is 2. The highest BCUT2D eigenvalue weighted by Crippen LogP contribution is 2.34. The van der Waals surface area contributed by atoms with Gasteiger partial charge in [-0.05, 0) is 35.4 Å². The van der Waals surface area contributed by atoms with Crippen molar-refractivity contribution in [2.45, 2.75) is 10.9 Å². The highest BCUT2D eigenvalue weighted by atomic mass is 35.5. The van der Waals surface area contributed by atoms with Crippen LogP contribution < -0.4 is 5.32 Å². The molecule has 0 spiro atoms. The number of sulfonamides is 1. The second-order valence-corrected chi connectivity index (χ2v) is 9.82. The van der Waals surface area contributed by atoms with E-state index in [2.05, 4.69) is 15.3 Å². The molecule has 3 aromatic rings. The van der Waals surface area contributed by atoms with Crippen LogP contribution in [0.5, 0.6) is 0 Å². The smallest absolute Gasteiger partial charge is 0.260 e. The van der Waals surface area contributed by atoms with E-state index in [9.17, 15) is 22.0 Å². The Morgan fingerprint density at radius 2 is 1.62 bits per heavy atom. The molecule has 0 unspecified atom stereocenters. The summed E-state index contributed by atoms with van der Waals surface area (Å²) in [6.45, 7) is 0.0120. The molecule has 1 fully saturated rings. The average molecular weight is 501 g/mol. The van der Waals surface area contributed by atoms with E-state index in [4.69, 9.17) is 23.2 Å². The maximum Gasteiger partial charge on any atom is 0.260 e. The van der Waals surface area contributed by atoms with E-state index in [1.165, 1.54) is 36.4 Å². The van der Waals surface area contributed by atoms with Gasteiger partial charge in [0.25, 0.3) is 10.0 Å². The Bertz CT molecular complexity index is 1250. The Morgan fingerprint density at radius 3 is 2.16 bits per heavy atom. The Morgan fingerprint density at radius 1 is 1.03 bits per heavy atom. The first kappa shape index (κ1) is 22.7. The number of carbonyl (C=O) groups is 1. The zero-order valence-corrected chi connectivity index (χ0v) is 18.6. The van der Waals surface area contributed by atoms with Crippen molar-refractivity contribution in [2.75, 3.05) is 19.6 Å². The van der Waals surface area contributed by atoms with E-state index in [1.54, 1.807) is 0 Å². The molecule has 168 valence electrons. The van der Waals surface area contributed by atoms with Gasteiger partial charge in [-0.2, -0.15) is 4.31 Å². The first-order chi connectivity index (χ1) is 15.2. The number of amides is 1. The molecule has 1 amide bonds. The van der Waals surface area contributed by atoms with E-state index >= 15 is 0 Å². The molecule has 1 saturated heterocycles. The maximum absolute atomic E-state index is 13.7. The third kappa shape index (κ3) is 4.36. The van der Waals surface area contributed by atoms with Crippen LogP contribution in [0.3, 0.4) is 0 Å². The Hall–Kier alpha value is -2.53. The lowest BCUT2D eigenvalue weighted by Crippen LogP contribution is -2.49. The number of rotatable bonds is 5. The van der Waals surface area contributed by atoms with Gasteiger partial charge in [0.05, 0.1) is 28.7 Å². The molecule has 0 saturated carbocycles. The molecule has 7 nitrogen and oxygen atoms in total. The lowest BCUT2D eigenvalue weighted by atomic mass is 9.90. The van der Waals surface area contributed by atoms with Gasteiger partial charge in [0, 0.05) is 13.1 Å². The van der Waals surface area contributed by atoms with Gasteiger partial charge in [-0.1, -0.05) is 35.3 Å². The van der Waals surface area contributed by atoms with Crippen molar-refractivity contribution in [1.29, 1.82) is 0 Å². The zero-order valence-electron chi connectivity index (χ0n) is 16.3. The van der Waals surface area contributed by atoms with Gasteiger partial charge in [0.2, 0.25) is 5.91 Å². The molecule has 0 bridgehead atoms. The van der Waals surface area contributed by atoms with Crippen LogP contribution in [0, 0.1) is 11.6 Å². The minimum atomic E-state index is -4.02. The molecule has 1 aliphatic rings. The number of nitrogens with one attached hydrogen (secondary N) is 2. The monoisotopic (exact) mass is 500 g/mol. The van der Waals surface area contributed by atoms with Crippen LogP contribution in [0.2, 0.25) is 10.0 Å². The summed E-state index contributed by atoms with van der Waals surface area (Å²) in [6.07, 6.45) is 1.14. The second kappa shape index (κ2) is 8.78. The number of benzene rings is 2. The van der Waals surface area contributed by atoms with Crippen LogP contribution in [0.25, 0.3) is 0 Å². The van der Waals surface area contributed by atoms with Crippen molar-refractivity contribution in [3.8, 4) is 0 Å². The van der Waals surface area contributed by atoms with E-state index in [1.807, 2.05) is 0 Å². The molecule has 0 radical (unpaired) electrons. The van der Waals surface area contributed by atoms with Gasteiger partial charge in [-0.15, -0.1) is 0 Å². The van der Waals surface area contributed by atoms with Crippen LogP contribution in [0.15, 0.2) is 47.6 Å². The summed E-state index contributed by atoms with van der Waals surface area (Å²) in [7, 11) is -4.02. The van der Waals surface area contributed by atoms with Gasteiger partial charge in [-0.25, -0.2) is 22.2 Å². The molecule has 0 atom stereocenters. The summed E-state index contributed by atoms with van der Waals surface area (Å²) in [5.74, 6) is -2.22. The van der Waals surface area contributed by atoms with Crippen molar-refractivity contribution in [3.05, 3.63) is 81.2 Å². The fourth-order valence-corrected chi connectivity index (χ4v) is 5.14. The number of imidazole rings is 1. The third-order valence-corrected chi connectivity index (χ3v) is 7.35. The SMILES string of the molecule is O=C1CN(S(=O)(=O)c2cnc(C(c3ccc(F)c(Cl)c3)c3ccc(F)c(Cl)c3)[nH]2)CCN1. The number of nitrogens with zero attached hydrogens (tertiary/aromatic N) is 2. The molecular formula is C20H16Cl2F2N4O3S. The Balaban J connectivity index is 1.78. The average Bonchev–Trinajstić information content (AvgIpc) is 3.24. The van der Waals surface area contributed by atoms with Crippen LogP contribution in [0.4, 0.5) is 8.78 Å². The van der Waals surface area contributed by atoms with Crippen molar-refractivity contribution in [1.82, 2.24) is 19.6 Å². The molecule has 2 N–H and O–H groups in total. The molecule has 0 aliphatic carbocycles. The van der Waals surface area contributed by atoms with Crippen molar-refractivity contribution in [3.63, 3.8) is 0 Å². The molecule has 1 aromatic heterocycles. The standard InChI is InChI=1S/C20H16Cl2F2N4O3S/c21-13-7-11(1-3-15(13)23)19(12-2-4-16(24)14(22)8-12)20-26-9-18(27-20)32(30,31)28-6-5-25-17(29)10-28/h1-4,7-9,19H,5-6,10H2,(H,25,29)(H,26,27). The van der Waals surface area contributed by atoms with Gasteiger partial charge >= 0.3 is 0 Å². The third-order valence-electron chi connectivity index (χ3n) is 5.02.